The minimum absolute atomic E-state index is 0.506. The second-order valence-corrected chi connectivity index (χ2v) is 5.16. The van der Waals surface area contributed by atoms with Gasteiger partial charge in [0.05, 0.1) is 11.8 Å². The van der Waals surface area contributed by atoms with Crippen LogP contribution in [0.2, 0.25) is 0 Å². The Balaban J connectivity index is 2.11. The average molecular weight is 245 g/mol. The van der Waals surface area contributed by atoms with Crippen molar-refractivity contribution in [2.45, 2.75) is 29.7 Å². The van der Waals surface area contributed by atoms with Crippen molar-refractivity contribution in [1.29, 1.82) is 0 Å². The van der Waals surface area contributed by atoms with E-state index in [9.17, 15) is 5.11 Å². The minimum Gasteiger partial charge on any atom is -0.387 e. The number of nitrogens with zero attached hydrogens (tertiary/aromatic N) is 1. The van der Waals surface area contributed by atoms with Crippen molar-refractivity contribution < 1.29 is 5.11 Å². The van der Waals surface area contributed by atoms with E-state index in [1.54, 1.807) is 24.9 Å². The molecule has 0 aliphatic rings. The van der Waals surface area contributed by atoms with E-state index in [-0.39, 0.29) is 0 Å². The molecule has 0 saturated heterocycles. The van der Waals surface area contributed by atoms with Gasteiger partial charge in [0.1, 0.15) is 0 Å². The molecule has 0 aliphatic carbocycles. The second-order valence-electron chi connectivity index (χ2n) is 4.01. The maximum atomic E-state index is 9.37. The number of aromatic nitrogens is 1. The first-order valence-corrected chi connectivity index (χ1v) is 6.35. The second kappa shape index (κ2) is 5.34. The summed E-state index contributed by atoms with van der Waals surface area (Å²) in [6, 6.07) is 12.2. The van der Waals surface area contributed by atoms with Gasteiger partial charge in [0.25, 0.3) is 0 Å². The summed E-state index contributed by atoms with van der Waals surface area (Å²) in [5, 5.41) is 9.37. The Labute approximate surface area is 106 Å². The van der Waals surface area contributed by atoms with Gasteiger partial charge in [-0.2, -0.15) is 0 Å². The Kier molecular flexibility index (Phi) is 3.82. The highest BCUT2D eigenvalue weighted by Crippen LogP contribution is 2.27. The molecular weight excluding hydrogens is 230 g/mol. The monoisotopic (exact) mass is 245 g/mol. The Hall–Kier alpha value is -1.32. The van der Waals surface area contributed by atoms with Crippen LogP contribution in [-0.2, 0) is 0 Å². The molecule has 1 aromatic heterocycles. The zero-order valence-electron chi connectivity index (χ0n) is 9.92. The van der Waals surface area contributed by atoms with Crippen molar-refractivity contribution in [1.82, 2.24) is 4.98 Å². The first kappa shape index (κ1) is 12.1. The van der Waals surface area contributed by atoms with Crippen LogP contribution in [0.4, 0.5) is 0 Å². The molecule has 1 heterocycles. The maximum Gasteiger partial charge on any atom is 0.0931 e. The van der Waals surface area contributed by atoms with Crippen LogP contribution in [-0.4, -0.2) is 10.1 Å². The summed E-state index contributed by atoms with van der Waals surface area (Å²) in [4.78, 5) is 6.50. The first-order valence-electron chi connectivity index (χ1n) is 5.54. The van der Waals surface area contributed by atoms with Gasteiger partial charge in [-0.3, -0.25) is 4.98 Å². The Morgan fingerprint density at radius 1 is 1.06 bits per heavy atom. The predicted molar refractivity (Wildman–Crippen MR) is 70.2 cm³/mol. The molecule has 2 aromatic rings. The number of aliphatic hydroxyl groups is 1. The summed E-state index contributed by atoms with van der Waals surface area (Å²) in [6.45, 7) is 3.79. The van der Waals surface area contributed by atoms with Crippen LogP contribution in [0.1, 0.15) is 24.3 Å². The highest BCUT2D eigenvalue weighted by atomic mass is 32.2. The summed E-state index contributed by atoms with van der Waals surface area (Å²) in [5.41, 5.74) is 1.97. The van der Waals surface area contributed by atoms with Crippen molar-refractivity contribution in [3.05, 3.63) is 53.9 Å². The molecule has 17 heavy (non-hydrogen) atoms. The van der Waals surface area contributed by atoms with Crippen molar-refractivity contribution in [2.24, 2.45) is 0 Å². The van der Waals surface area contributed by atoms with Gasteiger partial charge >= 0.3 is 0 Å². The molecule has 1 N–H and O–H groups in total. The summed E-state index contributed by atoms with van der Waals surface area (Å²) >= 11 is 1.67. The van der Waals surface area contributed by atoms with Crippen LogP contribution in [0.5, 0.6) is 0 Å². The highest BCUT2D eigenvalue weighted by Gasteiger charge is 2.02. The first-order chi connectivity index (χ1) is 8.15. The number of rotatable bonds is 3. The van der Waals surface area contributed by atoms with Gasteiger partial charge in [0, 0.05) is 16.0 Å². The number of benzene rings is 1. The number of aryl methyl sites for hydroxylation is 1. The number of hydrogen-bond donors (Lipinski definition) is 1. The molecule has 0 aliphatic heterocycles. The van der Waals surface area contributed by atoms with Gasteiger partial charge in [0.15, 0.2) is 0 Å². The summed E-state index contributed by atoms with van der Waals surface area (Å²) in [6.07, 6.45) is 1.29. The highest BCUT2D eigenvalue weighted by molar-refractivity contribution is 7.99. The zero-order chi connectivity index (χ0) is 12.3. The summed E-state index contributed by atoms with van der Waals surface area (Å²) < 4.78 is 0. The molecule has 1 aromatic carbocycles. The standard InChI is InChI=1S/C14H15NOS/c1-10-3-5-12(6-4-10)17-13-7-8-14(11(2)16)15-9-13/h3-9,11,16H,1-2H3/t11-/m0/s1. The fourth-order valence-electron chi connectivity index (χ4n) is 1.44. The van der Waals surface area contributed by atoms with Crippen LogP contribution in [0.3, 0.4) is 0 Å². The van der Waals surface area contributed by atoms with Gasteiger partial charge in [0.2, 0.25) is 0 Å². The van der Waals surface area contributed by atoms with Crippen molar-refractivity contribution in [3.8, 4) is 0 Å². The molecule has 0 amide bonds. The molecule has 2 rings (SSSR count). The molecule has 88 valence electrons. The van der Waals surface area contributed by atoms with Gasteiger partial charge in [-0.05, 0) is 38.1 Å². The lowest BCUT2D eigenvalue weighted by atomic mass is 10.2. The number of aliphatic hydroxyl groups excluding tert-OH is 1. The lowest BCUT2D eigenvalue weighted by Gasteiger charge is -2.05. The van der Waals surface area contributed by atoms with Gasteiger partial charge in [-0.1, -0.05) is 29.5 Å². The molecule has 1 atom stereocenters. The molecule has 0 spiro atoms. The van der Waals surface area contributed by atoms with Gasteiger partial charge in [-0.15, -0.1) is 0 Å². The average Bonchev–Trinajstić information content (AvgIpc) is 2.33. The summed E-state index contributed by atoms with van der Waals surface area (Å²) in [7, 11) is 0. The Morgan fingerprint density at radius 2 is 1.71 bits per heavy atom. The Bertz CT molecular complexity index is 477. The third kappa shape index (κ3) is 3.32. The fourth-order valence-corrected chi connectivity index (χ4v) is 2.23. The fraction of sp³-hybridized carbons (Fsp3) is 0.214. The van der Waals surface area contributed by atoms with E-state index in [4.69, 9.17) is 0 Å². The Morgan fingerprint density at radius 3 is 2.24 bits per heavy atom. The quantitative estimate of drug-likeness (QED) is 0.897. The SMILES string of the molecule is Cc1ccc(Sc2ccc([C@H](C)O)nc2)cc1. The van der Waals surface area contributed by atoms with Crippen LogP contribution in [0, 0.1) is 6.92 Å². The van der Waals surface area contributed by atoms with Gasteiger partial charge < -0.3 is 5.11 Å². The van der Waals surface area contributed by atoms with E-state index in [0.29, 0.717) is 5.69 Å². The van der Waals surface area contributed by atoms with E-state index in [0.717, 1.165) is 4.90 Å². The molecule has 0 fully saturated rings. The van der Waals surface area contributed by atoms with Crippen LogP contribution < -0.4 is 0 Å². The molecule has 0 unspecified atom stereocenters. The van der Waals surface area contributed by atoms with Gasteiger partial charge in [-0.25, -0.2) is 0 Å². The van der Waals surface area contributed by atoms with Crippen LogP contribution >= 0.6 is 11.8 Å². The maximum absolute atomic E-state index is 9.37. The largest absolute Gasteiger partial charge is 0.387 e. The minimum atomic E-state index is -0.506. The molecule has 0 saturated carbocycles. The lowest BCUT2D eigenvalue weighted by molar-refractivity contribution is 0.194. The van der Waals surface area contributed by atoms with Crippen molar-refractivity contribution in [3.63, 3.8) is 0 Å². The van der Waals surface area contributed by atoms with E-state index in [1.807, 2.05) is 12.1 Å². The number of hydrogen-bond acceptors (Lipinski definition) is 3. The molecular formula is C14H15NOS. The predicted octanol–water partition coefficient (Wildman–Crippen LogP) is 3.59. The zero-order valence-corrected chi connectivity index (χ0v) is 10.7. The van der Waals surface area contributed by atoms with Crippen LogP contribution in [0.25, 0.3) is 0 Å². The third-order valence-corrected chi connectivity index (χ3v) is 3.43. The molecule has 2 nitrogen and oxygen atoms in total. The number of pyridine rings is 1. The van der Waals surface area contributed by atoms with Crippen LogP contribution in [0.15, 0.2) is 52.4 Å². The van der Waals surface area contributed by atoms with E-state index < -0.39 is 6.10 Å². The van der Waals surface area contributed by atoms with Crippen molar-refractivity contribution >= 4 is 11.8 Å². The topological polar surface area (TPSA) is 33.1 Å². The van der Waals surface area contributed by atoms with E-state index in [2.05, 4.69) is 36.2 Å². The third-order valence-electron chi connectivity index (χ3n) is 2.44. The smallest absolute Gasteiger partial charge is 0.0931 e. The van der Waals surface area contributed by atoms with E-state index in [1.165, 1.54) is 10.5 Å². The molecule has 3 heteroatoms. The normalized spacial score (nSPS) is 12.4. The van der Waals surface area contributed by atoms with E-state index >= 15 is 0 Å². The molecule has 0 bridgehead atoms. The van der Waals surface area contributed by atoms with Crippen molar-refractivity contribution in [2.75, 3.05) is 0 Å². The summed E-state index contributed by atoms with van der Waals surface area (Å²) in [5.74, 6) is 0. The molecule has 0 radical (unpaired) electrons. The lowest BCUT2D eigenvalue weighted by Crippen LogP contribution is -1.94.